The summed E-state index contributed by atoms with van der Waals surface area (Å²) in [4.78, 5) is 14.7. The third kappa shape index (κ3) is 6.06. The van der Waals surface area contributed by atoms with Gasteiger partial charge in [-0.1, -0.05) is 68.3 Å². The molecule has 166 valence electrons. The van der Waals surface area contributed by atoms with Crippen LogP contribution in [0.2, 0.25) is 0 Å². The Morgan fingerprint density at radius 1 is 1.22 bits per heavy atom. The second-order valence-electron chi connectivity index (χ2n) is 7.74. The summed E-state index contributed by atoms with van der Waals surface area (Å²) in [6.07, 6.45) is 21.1. The summed E-state index contributed by atoms with van der Waals surface area (Å²) in [7, 11) is 0. The molecule has 0 N–H and O–H groups in total. The van der Waals surface area contributed by atoms with Crippen molar-refractivity contribution in [1.82, 2.24) is 9.47 Å². The van der Waals surface area contributed by atoms with Crippen molar-refractivity contribution in [3.8, 4) is 6.07 Å². The topological polar surface area (TPSA) is 49.0 Å². The number of hydrogen-bond acceptors (Lipinski definition) is 3. The van der Waals surface area contributed by atoms with Crippen molar-refractivity contribution < 1.29 is 0 Å². The normalized spacial score (nSPS) is 18.0. The van der Waals surface area contributed by atoms with Gasteiger partial charge in [0.25, 0.3) is 0 Å². The maximum atomic E-state index is 12.2. The number of likely N-dealkylation sites (tertiary alicyclic amines) is 1. The van der Waals surface area contributed by atoms with E-state index >= 15 is 0 Å². The fourth-order valence-corrected chi connectivity index (χ4v) is 4.16. The van der Waals surface area contributed by atoms with Crippen molar-refractivity contribution in [2.24, 2.45) is 0 Å². The first-order chi connectivity index (χ1) is 15.5. The number of allylic oxidation sites excluding steroid dienone is 8. The van der Waals surface area contributed by atoms with Crippen LogP contribution in [-0.2, 0) is 6.54 Å². The van der Waals surface area contributed by atoms with Gasteiger partial charge in [-0.25, -0.2) is 0 Å². The van der Waals surface area contributed by atoms with Crippen molar-refractivity contribution in [3.63, 3.8) is 0 Å². The van der Waals surface area contributed by atoms with Gasteiger partial charge in [0.15, 0.2) is 0 Å². The highest BCUT2D eigenvalue weighted by molar-refractivity contribution is 5.53. The summed E-state index contributed by atoms with van der Waals surface area (Å²) in [6, 6.07) is 2.32. The molecule has 1 aliphatic rings. The average molecular weight is 428 g/mol. The zero-order valence-electron chi connectivity index (χ0n) is 19.3. The average Bonchev–Trinajstić information content (AvgIpc) is 3.22. The SMILES string of the molecule is C=C/C=C(\C=C/C)C(/C=C)=C(/C=C\C)CN1CCC[C@H]1Cn1cc(C#N)c(=O)c(C=C)c1. The van der Waals surface area contributed by atoms with Gasteiger partial charge in [0.1, 0.15) is 11.6 Å². The minimum atomic E-state index is -0.263. The highest BCUT2D eigenvalue weighted by Crippen LogP contribution is 2.25. The van der Waals surface area contributed by atoms with Gasteiger partial charge >= 0.3 is 0 Å². The molecular weight excluding hydrogens is 394 g/mol. The van der Waals surface area contributed by atoms with E-state index in [0.29, 0.717) is 18.2 Å². The minimum Gasteiger partial charge on any atom is -0.350 e. The van der Waals surface area contributed by atoms with Crippen LogP contribution in [0, 0.1) is 11.3 Å². The van der Waals surface area contributed by atoms with Gasteiger partial charge in [-0.05, 0) is 50.0 Å². The number of pyridine rings is 1. The second-order valence-corrected chi connectivity index (χ2v) is 7.74. The molecule has 1 aromatic rings. The number of hydrogen-bond donors (Lipinski definition) is 0. The Morgan fingerprint density at radius 3 is 2.56 bits per heavy atom. The van der Waals surface area contributed by atoms with E-state index in [1.807, 2.05) is 42.7 Å². The smallest absolute Gasteiger partial charge is 0.206 e. The van der Waals surface area contributed by atoms with E-state index < -0.39 is 0 Å². The first kappa shape index (κ1) is 24.8. The first-order valence-corrected chi connectivity index (χ1v) is 11.0. The van der Waals surface area contributed by atoms with Gasteiger partial charge in [0.05, 0.1) is 0 Å². The summed E-state index contributed by atoms with van der Waals surface area (Å²) in [6.45, 7) is 18.2. The molecule has 0 bridgehead atoms. The van der Waals surface area contributed by atoms with Gasteiger partial charge in [-0.2, -0.15) is 5.26 Å². The lowest BCUT2D eigenvalue weighted by Gasteiger charge is -2.27. The summed E-state index contributed by atoms with van der Waals surface area (Å²) >= 11 is 0. The van der Waals surface area contributed by atoms with Crippen molar-refractivity contribution in [3.05, 3.63) is 113 Å². The molecule has 4 heteroatoms. The predicted molar refractivity (Wildman–Crippen MR) is 135 cm³/mol. The molecule has 0 amide bonds. The predicted octanol–water partition coefficient (Wildman–Crippen LogP) is 5.57. The Kier molecular flexibility index (Phi) is 9.66. The highest BCUT2D eigenvalue weighted by Gasteiger charge is 2.26. The lowest BCUT2D eigenvalue weighted by molar-refractivity contribution is 0.252. The molecule has 32 heavy (non-hydrogen) atoms. The molecular formula is C28H33N3O. The van der Waals surface area contributed by atoms with Crippen LogP contribution in [0.15, 0.2) is 96.2 Å². The fourth-order valence-electron chi connectivity index (χ4n) is 4.16. The first-order valence-electron chi connectivity index (χ1n) is 11.0. The Morgan fingerprint density at radius 2 is 1.97 bits per heavy atom. The molecule has 1 saturated heterocycles. The van der Waals surface area contributed by atoms with Gasteiger partial charge in [-0.15, -0.1) is 0 Å². The molecule has 1 fully saturated rings. The zero-order chi connectivity index (χ0) is 23.5. The Balaban J connectivity index is 2.38. The van der Waals surface area contributed by atoms with Crippen LogP contribution in [0.4, 0.5) is 0 Å². The monoisotopic (exact) mass is 427 g/mol. The zero-order valence-corrected chi connectivity index (χ0v) is 19.3. The molecule has 0 aromatic carbocycles. The quantitative estimate of drug-likeness (QED) is 0.458. The van der Waals surface area contributed by atoms with E-state index in [4.69, 9.17) is 0 Å². The molecule has 1 aromatic heterocycles. The Bertz CT molecular complexity index is 1070. The largest absolute Gasteiger partial charge is 0.350 e. The van der Waals surface area contributed by atoms with Gasteiger partial charge in [0.2, 0.25) is 5.43 Å². The minimum absolute atomic E-state index is 0.154. The number of nitrogens with zero attached hydrogens (tertiary/aromatic N) is 3. The Labute approximate surface area is 192 Å². The summed E-state index contributed by atoms with van der Waals surface area (Å²) < 4.78 is 1.95. The lowest BCUT2D eigenvalue weighted by atomic mass is 9.97. The molecule has 0 unspecified atom stereocenters. The molecule has 2 heterocycles. The van der Waals surface area contributed by atoms with Crippen LogP contribution in [0.1, 0.15) is 37.8 Å². The van der Waals surface area contributed by atoms with Crippen LogP contribution in [0.25, 0.3) is 6.08 Å². The molecule has 0 spiro atoms. The maximum Gasteiger partial charge on any atom is 0.206 e. The summed E-state index contributed by atoms with van der Waals surface area (Å²) in [5.74, 6) is 0. The van der Waals surface area contributed by atoms with Crippen molar-refractivity contribution >= 4 is 6.08 Å². The number of nitriles is 1. The van der Waals surface area contributed by atoms with Crippen LogP contribution in [0.3, 0.4) is 0 Å². The van der Waals surface area contributed by atoms with E-state index in [2.05, 4.69) is 42.9 Å². The van der Waals surface area contributed by atoms with E-state index in [9.17, 15) is 10.1 Å². The van der Waals surface area contributed by atoms with Crippen molar-refractivity contribution in [2.45, 2.75) is 39.3 Å². The van der Waals surface area contributed by atoms with Crippen molar-refractivity contribution in [2.75, 3.05) is 13.1 Å². The van der Waals surface area contributed by atoms with Crippen LogP contribution >= 0.6 is 0 Å². The number of aromatic nitrogens is 1. The van der Waals surface area contributed by atoms with E-state index in [-0.39, 0.29) is 11.0 Å². The fraction of sp³-hybridized carbons (Fsp3) is 0.286. The maximum absolute atomic E-state index is 12.2. The lowest BCUT2D eigenvalue weighted by Crippen LogP contribution is -2.35. The van der Waals surface area contributed by atoms with Crippen LogP contribution in [0.5, 0.6) is 0 Å². The highest BCUT2D eigenvalue weighted by atomic mass is 16.1. The number of rotatable bonds is 10. The molecule has 1 aliphatic heterocycles. The third-order valence-corrected chi connectivity index (χ3v) is 5.61. The molecule has 1 atom stereocenters. The summed E-state index contributed by atoms with van der Waals surface area (Å²) in [5.41, 5.74) is 3.72. The van der Waals surface area contributed by atoms with E-state index in [1.165, 1.54) is 11.6 Å². The Hall–Kier alpha value is -3.42. The van der Waals surface area contributed by atoms with Gasteiger partial charge in [0, 0.05) is 37.1 Å². The summed E-state index contributed by atoms with van der Waals surface area (Å²) in [5, 5.41) is 9.33. The van der Waals surface area contributed by atoms with Crippen LogP contribution in [-0.4, -0.2) is 28.6 Å². The molecule has 0 aliphatic carbocycles. The van der Waals surface area contributed by atoms with E-state index in [1.54, 1.807) is 18.5 Å². The third-order valence-electron chi connectivity index (χ3n) is 5.61. The second kappa shape index (κ2) is 12.4. The molecule has 0 radical (unpaired) electrons. The van der Waals surface area contributed by atoms with Gasteiger partial charge in [-0.3, -0.25) is 9.69 Å². The van der Waals surface area contributed by atoms with Gasteiger partial charge < -0.3 is 4.57 Å². The molecule has 4 nitrogen and oxygen atoms in total. The van der Waals surface area contributed by atoms with Crippen LogP contribution < -0.4 is 5.43 Å². The molecule has 2 rings (SSSR count). The molecule has 0 saturated carbocycles. The van der Waals surface area contributed by atoms with Crippen molar-refractivity contribution in [1.29, 1.82) is 5.26 Å². The van der Waals surface area contributed by atoms with E-state index in [0.717, 1.165) is 37.1 Å². The standard InChI is InChI=1S/C28H33N3O/c1-6-12-23(13-7-2)27(10-5)24(14-8-3)20-31-16-11-15-26(31)21-30-18-22(9-4)28(32)25(17-29)19-30/h6-10,12-14,18-19,26H,1,4-5,11,15-16,20-21H2,2-3H3/b13-7-,14-8-,23-12+,27-24-/t26-/m0/s1.